The van der Waals surface area contributed by atoms with Gasteiger partial charge in [-0.15, -0.1) is 0 Å². The first-order chi connectivity index (χ1) is 17.8. The zero-order chi connectivity index (χ0) is 27.8. The molecule has 210 valence electrons. The van der Waals surface area contributed by atoms with E-state index < -0.39 is 42.0 Å². The molecule has 0 saturated carbocycles. The second kappa shape index (κ2) is 11.3. The van der Waals surface area contributed by atoms with Crippen LogP contribution in [0.2, 0.25) is 0 Å². The number of ether oxygens (including phenoxy) is 2. The number of benzene rings is 1. The summed E-state index contributed by atoms with van der Waals surface area (Å²) in [6.07, 6.45) is -9.46. The van der Waals surface area contributed by atoms with Crippen molar-refractivity contribution < 1.29 is 40.9 Å². The average Bonchev–Trinajstić information content (AvgIpc) is 3.13. The van der Waals surface area contributed by atoms with E-state index in [1.165, 1.54) is 4.90 Å². The van der Waals surface area contributed by atoms with Crippen molar-refractivity contribution in [2.75, 3.05) is 24.7 Å². The molecule has 2 fully saturated rings. The van der Waals surface area contributed by atoms with E-state index in [4.69, 9.17) is 9.47 Å². The Balaban J connectivity index is 1.65. The minimum atomic E-state index is -4.99. The van der Waals surface area contributed by atoms with Crippen molar-refractivity contribution in [1.29, 1.82) is 0 Å². The topological polar surface area (TPSA) is 58.1 Å². The van der Waals surface area contributed by atoms with E-state index in [1.807, 2.05) is 13.0 Å². The van der Waals surface area contributed by atoms with E-state index in [0.717, 1.165) is 18.4 Å². The molecule has 0 spiro atoms. The molecule has 1 aromatic heterocycles. The fraction of sp³-hybridized carbons (Fsp3) is 0.560. The molecule has 0 radical (unpaired) electrons. The quantitative estimate of drug-likeness (QED) is 0.397. The van der Waals surface area contributed by atoms with Gasteiger partial charge >= 0.3 is 12.4 Å². The van der Waals surface area contributed by atoms with Crippen LogP contribution in [0.4, 0.5) is 32.2 Å². The number of halogens is 7. The number of nitrogens with zero attached hydrogens (tertiary/aromatic N) is 3. The molecular formula is C25H28BrF6N3O3. The van der Waals surface area contributed by atoms with Crippen LogP contribution in [-0.4, -0.2) is 53.2 Å². The fourth-order valence-corrected chi connectivity index (χ4v) is 5.42. The molecule has 4 rings (SSSR count). The Labute approximate surface area is 224 Å². The lowest BCUT2D eigenvalue weighted by Gasteiger charge is -2.36. The molecule has 0 amide bonds. The van der Waals surface area contributed by atoms with E-state index in [2.05, 4.69) is 25.8 Å². The summed E-state index contributed by atoms with van der Waals surface area (Å²) < 4.78 is 92.2. The van der Waals surface area contributed by atoms with Gasteiger partial charge in [-0.2, -0.15) is 26.3 Å². The van der Waals surface area contributed by atoms with Crippen molar-refractivity contribution in [3.05, 3.63) is 57.2 Å². The molecule has 2 aromatic rings. The smallest absolute Gasteiger partial charge is 0.381 e. The molecule has 2 aliphatic rings. The minimum absolute atomic E-state index is 0.0758. The molecule has 1 N–H and O–H groups in total. The third kappa shape index (κ3) is 6.27. The molecule has 3 unspecified atom stereocenters. The van der Waals surface area contributed by atoms with Gasteiger partial charge in [-0.05, 0) is 72.4 Å². The molecule has 1 aromatic carbocycles. The summed E-state index contributed by atoms with van der Waals surface area (Å²) in [6.45, 7) is 5.61. The van der Waals surface area contributed by atoms with E-state index >= 15 is 0 Å². The standard InChI is InChI=1S/C25H28BrF6N3O3/c1-3-34(20-4-6-37-7-5-20)22-16(10-19(26)12-33-22)13-35-14(2)21(38-23(35)36)15-8-17(24(27,28)29)11-18(9-15)25(30,31)32/h8-12,14,20-21,23,36H,3-7,13H2,1-2H3. The highest BCUT2D eigenvalue weighted by molar-refractivity contribution is 9.10. The predicted octanol–water partition coefficient (Wildman–Crippen LogP) is 6.12. The van der Waals surface area contributed by atoms with E-state index in [9.17, 15) is 31.4 Å². The average molecular weight is 612 g/mol. The summed E-state index contributed by atoms with van der Waals surface area (Å²) >= 11 is 3.42. The van der Waals surface area contributed by atoms with Crippen LogP contribution in [0.15, 0.2) is 34.9 Å². The van der Waals surface area contributed by atoms with Crippen LogP contribution in [-0.2, 0) is 28.4 Å². The second-order valence-corrected chi connectivity index (χ2v) is 10.3. The van der Waals surface area contributed by atoms with Crippen LogP contribution in [0.25, 0.3) is 0 Å². The minimum Gasteiger partial charge on any atom is -0.381 e. The van der Waals surface area contributed by atoms with Gasteiger partial charge < -0.3 is 19.5 Å². The van der Waals surface area contributed by atoms with Gasteiger partial charge in [0.25, 0.3) is 0 Å². The van der Waals surface area contributed by atoms with Crippen LogP contribution in [0.5, 0.6) is 0 Å². The lowest BCUT2D eigenvalue weighted by molar-refractivity contribution is -0.154. The molecule has 0 bridgehead atoms. The van der Waals surface area contributed by atoms with Gasteiger partial charge in [-0.3, -0.25) is 0 Å². The lowest BCUT2D eigenvalue weighted by atomic mass is 9.97. The van der Waals surface area contributed by atoms with Gasteiger partial charge in [0.1, 0.15) is 11.9 Å². The monoisotopic (exact) mass is 611 g/mol. The molecule has 3 atom stereocenters. The second-order valence-electron chi connectivity index (χ2n) is 9.40. The Morgan fingerprint density at radius 2 is 1.66 bits per heavy atom. The Bertz CT molecular complexity index is 1090. The van der Waals surface area contributed by atoms with Gasteiger partial charge in [0.05, 0.1) is 11.1 Å². The fourth-order valence-electron chi connectivity index (χ4n) is 5.04. The molecule has 38 heavy (non-hydrogen) atoms. The molecule has 3 heterocycles. The first kappa shape index (κ1) is 29.1. The van der Waals surface area contributed by atoms with Crippen molar-refractivity contribution in [1.82, 2.24) is 9.88 Å². The maximum atomic E-state index is 13.4. The molecule has 6 nitrogen and oxygen atoms in total. The van der Waals surface area contributed by atoms with Crippen molar-refractivity contribution >= 4 is 21.7 Å². The Morgan fingerprint density at radius 3 is 2.21 bits per heavy atom. The third-order valence-electron chi connectivity index (χ3n) is 6.96. The van der Waals surface area contributed by atoms with E-state index in [1.54, 1.807) is 13.1 Å². The van der Waals surface area contributed by atoms with E-state index in [-0.39, 0.29) is 24.2 Å². The molecule has 2 aliphatic heterocycles. The maximum Gasteiger partial charge on any atom is 0.416 e. The molecule has 0 aliphatic carbocycles. The molecule has 2 saturated heterocycles. The first-order valence-corrected chi connectivity index (χ1v) is 13.0. The summed E-state index contributed by atoms with van der Waals surface area (Å²) in [6, 6.07) is 2.64. The van der Waals surface area contributed by atoms with Gasteiger partial charge in [-0.25, -0.2) is 9.88 Å². The van der Waals surface area contributed by atoms with Crippen molar-refractivity contribution in [3.8, 4) is 0 Å². The lowest BCUT2D eigenvalue weighted by Crippen LogP contribution is -2.41. The summed E-state index contributed by atoms with van der Waals surface area (Å²) in [5, 5.41) is 10.7. The largest absolute Gasteiger partial charge is 0.416 e. The number of alkyl halides is 6. The number of aliphatic hydroxyl groups excluding tert-OH is 1. The van der Waals surface area contributed by atoms with Crippen LogP contribution in [0.1, 0.15) is 55.0 Å². The van der Waals surface area contributed by atoms with Crippen molar-refractivity contribution in [2.45, 2.75) is 70.2 Å². The summed E-state index contributed by atoms with van der Waals surface area (Å²) in [7, 11) is 0. The number of rotatable bonds is 6. The van der Waals surface area contributed by atoms with Crippen LogP contribution in [0, 0.1) is 0 Å². The predicted molar refractivity (Wildman–Crippen MR) is 130 cm³/mol. The van der Waals surface area contributed by atoms with Crippen LogP contribution >= 0.6 is 15.9 Å². The van der Waals surface area contributed by atoms with E-state index in [0.29, 0.717) is 42.2 Å². The Hall–Kier alpha value is -1.93. The number of aliphatic hydroxyl groups is 1. The zero-order valence-corrected chi connectivity index (χ0v) is 22.3. The molecule has 13 heteroatoms. The summed E-state index contributed by atoms with van der Waals surface area (Å²) in [4.78, 5) is 8.25. The first-order valence-electron chi connectivity index (χ1n) is 12.2. The van der Waals surface area contributed by atoms with Crippen molar-refractivity contribution in [2.24, 2.45) is 0 Å². The Morgan fingerprint density at radius 1 is 1.05 bits per heavy atom. The summed E-state index contributed by atoms with van der Waals surface area (Å²) in [5.74, 6) is 0.684. The van der Waals surface area contributed by atoms with Gasteiger partial charge in [0, 0.05) is 54.6 Å². The number of pyridine rings is 1. The van der Waals surface area contributed by atoms with Gasteiger partial charge in [0.15, 0.2) is 0 Å². The van der Waals surface area contributed by atoms with Gasteiger partial charge in [0.2, 0.25) is 6.41 Å². The molecular weight excluding hydrogens is 584 g/mol. The highest BCUT2D eigenvalue weighted by atomic mass is 79.9. The maximum absolute atomic E-state index is 13.4. The van der Waals surface area contributed by atoms with Crippen molar-refractivity contribution in [3.63, 3.8) is 0 Å². The van der Waals surface area contributed by atoms with Crippen LogP contribution in [0.3, 0.4) is 0 Å². The van der Waals surface area contributed by atoms with Crippen LogP contribution < -0.4 is 4.90 Å². The number of hydrogen-bond donors (Lipinski definition) is 1. The third-order valence-corrected chi connectivity index (χ3v) is 7.39. The normalized spacial score (nSPS) is 23.7. The number of hydrogen-bond acceptors (Lipinski definition) is 6. The zero-order valence-electron chi connectivity index (χ0n) is 20.7. The SMILES string of the molecule is CCN(c1ncc(Br)cc1CN1C(O)OC(c2cc(C(F)(F)F)cc(C(F)(F)F)c2)C1C)C1CCOCC1. The highest BCUT2D eigenvalue weighted by Crippen LogP contribution is 2.42. The summed E-state index contributed by atoms with van der Waals surface area (Å²) in [5.41, 5.74) is -2.45. The Kier molecular flexibility index (Phi) is 8.63. The number of aromatic nitrogens is 1. The number of anilines is 1. The van der Waals surface area contributed by atoms with Gasteiger partial charge in [-0.1, -0.05) is 0 Å². The highest BCUT2D eigenvalue weighted by Gasteiger charge is 2.43.